The average molecular weight is 228 g/mol. The van der Waals surface area contributed by atoms with Crippen LogP contribution in [0.3, 0.4) is 0 Å². The van der Waals surface area contributed by atoms with Crippen LogP contribution in [0.2, 0.25) is 0 Å². The van der Waals surface area contributed by atoms with Crippen molar-refractivity contribution in [2.24, 2.45) is 11.7 Å². The Morgan fingerprint density at radius 3 is 2.60 bits per heavy atom. The summed E-state index contributed by atoms with van der Waals surface area (Å²) in [6, 6.07) is -0.131. The quantitative estimate of drug-likeness (QED) is 0.705. The highest BCUT2D eigenvalue weighted by atomic mass is 32.1. The summed E-state index contributed by atoms with van der Waals surface area (Å²) in [7, 11) is 0. The summed E-state index contributed by atoms with van der Waals surface area (Å²) >= 11 is 4.88. The van der Waals surface area contributed by atoms with Gasteiger partial charge >= 0.3 is 0 Å². The van der Waals surface area contributed by atoms with Crippen LogP contribution < -0.4 is 11.1 Å². The van der Waals surface area contributed by atoms with Crippen molar-refractivity contribution in [1.82, 2.24) is 5.32 Å². The van der Waals surface area contributed by atoms with E-state index in [1.165, 1.54) is 25.7 Å². The van der Waals surface area contributed by atoms with Gasteiger partial charge in [-0.3, -0.25) is 4.79 Å². The summed E-state index contributed by atoms with van der Waals surface area (Å²) in [4.78, 5) is 12.0. The summed E-state index contributed by atoms with van der Waals surface area (Å²) in [5.41, 5.74) is 5.52. The molecule has 0 bridgehead atoms. The molecule has 1 unspecified atom stereocenters. The first kappa shape index (κ1) is 12.4. The zero-order valence-electron chi connectivity index (χ0n) is 9.29. The van der Waals surface area contributed by atoms with Gasteiger partial charge in [-0.25, -0.2) is 0 Å². The molecule has 1 amide bonds. The molecular formula is C11H20N2OS. The van der Waals surface area contributed by atoms with Gasteiger partial charge in [0.25, 0.3) is 0 Å². The first-order valence-electron chi connectivity index (χ1n) is 5.72. The Morgan fingerprint density at radius 1 is 1.53 bits per heavy atom. The van der Waals surface area contributed by atoms with Gasteiger partial charge in [-0.2, -0.15) is 0 Å². The Morgan fingerprint density at radius 2 is 2.13 bits per heavy atom. The number of nitrogens with one attached hydrogen (secondary N) is 1. The monoisotopic (exact) mass is 228 g/mol. The lowest BCUT2D eigenvalue weighted by atomic mass is 10.0. The van der Waals surface area contributed by atoms with Gasteiger partial charge in [0.1, 0.15) is 0 Å². The number of carbonyl (C=O) groups excluding carboxylic acids is 1. The largest absolute Gasteiger partial charge is 0.392 e. The predicted octanol–water partition coefficient (Wildman–Crippen LogP) is 1.75. The van der Waals surface area contributed by atoms with Crippen molar-refractivity contribution < 1.29 is 4.79 Å². The van der Waals surface area contributed by atoms with E-state index in [1.807, 2.05) is 6.92 Å². The van der Waals surface area contributed by atoms with Gasteiger partial charge < -0.3 is 11.1 Å². The molecule has 0 spiro atoms. The number of carbonyl (C=O) groups is 1. The predicted molar refractivity (Wildman–Crippen MR) is 65.6 cm³/mol. The first-order chi connectivity index (χ1) is 7.13. The second-order valence-electron chi connectivity index (χ2n) is 4.29. The summed E-state index contributed by atoms with van der Waals surface area (Å²) in [5, 5.41) is 2.89. The van der Waals surface area contributed by atoms with Gasteiger partial charge in [0.05, 0.1) is 11.0 Å². The van der Waals surface area contributed by atoms with E-state index in [2.05, 4.69) is 5.32 Å². The van der Waals surface area contributed by atoms with E-state index in [0.29, 0.717) is 17.3 Å². The van der Waals surface area contributed by atoms with E-state index in [9.17, 15) is 4.79 Å². The van der Waals surface area contributed by atoms with Gasteiger partial charge in [-0.05, 0) is 25.2 Å². The average Bonchev–Trinajstić information content (AvgIpc) is 2.66. The molecule has 1 aliphatic carbocycles. The van der Waals surface area contributed by atoms with Crippen molar-refractivity contribution in [3.8, 4) is 0 Å². The molecule has 3 N–H and O–H groups in total. The maximum atomic E-state index is 11.6. The fraction of sp³-hybridized carbons (Fsp3) is 0.818. The lowest BCUT2D eigenvalue weighted by Crippen LogP contribution is -2.43. The summed E-state index contributed by atoms with van der Waals surface area (Å²) in [5.74, 6) is 0.676. The molecule has 0 saturated heterocycles. The van der Waals surface area contributed by atoms with E-state index < -0.39 is 0 Å². The third kappa shape index (κ3) is 4.16. The van der Waals surface area contributed by atoms with E-state index in [-0.39, 0.29) is 11.9 Å². The van der Waals surface area contributed by atoms with Crippen molar-refractivity contribution in [3.05, 3.63) is 0 Å². The minimum Gasteiger partial charge on any atom is -0.392 e. The number of rotatable bonds is 5. The molecule has 1 rings (SSSR count). The zero-order chi connectivity index (χ0) is 11.3. The highest BCUT2D eigenvalue weighted by Crippen LogP contribution is 2.27. The fourth-order valence-corrected chi connectivity index (χ4v) is 2.33. The Kier molecular flexibility index (Phi) is 5.02. The third-order valence-corrected chi connectivity index (χ3v) is 3.32. The standard InChI is InChI=1S/C11H20N2OS/c1-2-9(11(12)15)13-10(14)7-8-5-3-4-6-8/h8-9H,2-7H2,1H3,(H2,12,15)(H,13,14). The van der Waals surface area contributed by atoms with Gasteiger partial charge in [0.2, 0.25) is 5.91 Å². The van der Waals surface area contributed by atoms with Crippen LogP contribution in [0.5, 0.6) is 0 Å². The molecule has 0 aromatic rings. The second kappa shape index (κ2) is 6.05. The Bertz CT molecular complexity index is 237. The van der Waals surface area contributed by atoms with Crippen LogP contribution in [-0.4, -0.2) is 16.9 Å². The van der Waals surface area contributed by atoms with E-state index in [4.69, 9.17) is 18.0 Å². The van der Waals surface area contributed by atoms with Crippen LogP contribution in [0.15, 0.2) is 0 Å². The lowest BCUT2D eigenvalue weighted by molar-refractivity contribution is -0.122. The second-order valence-corrected chi connectivity index (χ2v) is 4.76. The number of hydrogen-bond donors (Lipinski definition) is 2. The van der Waals surface area contributed by atoms with Crippen molar-refractivity contribution in [2.45, 2.75) is 51.5 Å². The summed E-state index contributed by atoms with van der Waals surface area (Å²) in [6.45, 7) is 1.97. The molecule has 1 saturated carbocycles. The smallest absolute Gasteiger partial charge is 0.220 e. The van der Waals surface area contributed by atoms with Crippen LogP contribution in [0.4, 0.5) is 0 Å². The molecule has 4 heteroatoms. The molecule has 0 heterocycles. The Labute approximate surface area is 96.8 Å². The fourth-order valence-electron chi connectivity index (χ4n) is 2.10. The first-order valence-corrected chi connectivity index (χ1v) is 6.13. The van der Waals surface area contributed by atoms with Crippen LogP contribution in [0.1, 0.15) is 45.4 Å². The molecule has 3 nitrogen and oxygen atoms in total. The van der Waals surface area contributed by atoms with Gasteiger partial charge in [-0.15, -0.1) is 0 Å². The van der Waals surface area contributed by atoms with Gasteiger partial charge in [-0.1, -0.05) is 32.0 Å². The SMILES string of the molecule is CCC(NC(=O)CC1CCCC1)C(N)=S. The maximum absolute atomic E-state index is 11.6. The van der Waals surface area contributed by atoms with Crippen molar-refractivity contribution in [1.29, 1.82) is 0 Å². The highest BCUT2D eigenvalue weighted by Gasteiger charge is 2.20. The van der Waals surface area contributed by atoms with Crippen LogP contribution in [0.25, 0.3) is 0 Å². The summed E-state index contributed by atoms with van der Waals surface area (Å²) in [6.07, 6.45) is 6.33. The van der Waals surface area contributed by atoms with Gasteiger partial charge in [0.15, 0.2) is 0 Å². The molecule has 15 heavy (non-hydrogen) atoms. The van der Waals surface area contributed by atoms with Crippen molar-refractivity contribution >= 4 is 23.1 Å². The molecule has 0 aromatic carbocycles. The lowest BCUT2D eigenvalue weighted by Gasteiger charge is -2.16. The minimum atomic E-state index is -0.131. The van der Waals surface area contributed by atoms with E-state index in [0.717, 1.165) is 6.42 Å². The highest BCUT2D eigenvalue weighted by molar-refractivity contribution is 7.80. The molecule has 1 fully saturated rings. The third-order valence-electron chi connectivity index (χ3n) is 3.04. The molecule has 86 valence electrons. The van der Waals surface area contributed by atoms with Crippen molar-refractivity contribution in [3.63, 3.8) is 0 Å². The van der Waals surface area contributed by atoms with Gasteiger partial charge in [0, 0.05) is 6.42 Å². The number of amides is 1. The molecule has 0 aliphatic heterocycles. The van der Waals surface area contributed by atoms with Crippen LogP contribution in [-0.2, 0) is 4.79 Å². The number of nitrogens with two attached hydrogens (primary N) is 1. The molecule has 0 radical (unpaired) electrons. The molecule has 1 aliphatic rings. The zero-order valence-corrected chi connectivity index (χ0v) is 10.1. The molecular weight excluding hydrogens is 208 g/mol. The van der Waals surface area contributed by atoms with Crippen LogP contribution >= 0.6 is 12.2 Å². The number of thiocarbonyl (C=S) groups is 1. The Balaban J connectivity index is 2.30. The minimum absolute atomic E-state index is 0.0987. The van der Waals surface area contributed by atoms with E-state index in [1.54, 1.807) is 0 Å². The topological polar surface area (TPSA) is 55.1 Å². The summed E-state index contributed by atoms with van der Waals surface area (Å²) < 4.78 is 0. The van der Waals surface area contributed by atoms with Crippen molar-refractivity contribution in [2.75, 3.05) is 0 Å². The van der Waals surface area contributed by atoms with E-state index >= 15 is 0 Å². The normalized spacial score (nSPS) is 18.7. The maximum Gasteiger partial charge on any atom is 0.220 e. The number of hydrogen-bond acceptors (Lipinski definition) is 2. The van der Waals surface area contributed by atoms with Crippen LogP contribution in [0, 0.1) is 5.92 Å². The molecule has 1 atom stereocenters. The Hall–Kier alpha value is -0.640. The molecule has 0 aromatic heterocycles.